The van der Waals surface area contributed by atoms with Gasteiger partial charge in [-0.1, -0.05) is 30.3 Å². The van der Waals surface area contributed by atoms with Crippen LogP contribution in [0.25, 0.3) is 0 Å². The molecule has 28 heavy (non-hydrogen) atoms. The molecule has 0 unspecified atom stereocenters. The van der Waals surface area contributed by atoms with Crippen molar-refractivity contribution in [3.05, 3.63) is 54.0 Å². The van der Waals surface area contributed by atoms with Crippen LogP contribution in [-0.4, -0.2) is 45.8 Å². The summed E-state index contributed by atoms with van der Waals surface area (Å²) in [6.45, 7) is 1.11. The predicted molar refractivity (Wildman–Crippen MR) is 100 cm³/mol. The highest BCUT2D eigenvalue weighted by Crippen LogP contribution is 2.47. The number of nitrogens with zero attached hydrogens (tertiary/aromatic N) is 3. The first kappa shape index (κ1) is 17.4. The molecule has 2 aromatic rings. The summed E-state index contributed by atoms with van der Waals surface area (Å²) in [5.41, 5.74) is 0.365. The van der Waals surface area contributed by atoms with E-state index >= 15 is 0 Å². The fourth-order valence-electron chi connectivity index (χ4n) is 4.73. The molecule has 3 fully saturated rings. The highest BCUT2D eigenvalue weighted by molar-refractivity contribution is 5.88. The van der Waals surface area contributed by atoms with E-state index in [4.69, 9.17) is 4.74 Å². The van der Waals surface area contributed by atoms with E-state index in [9.17, 15) is 14.3 Å². The van der Waals surface area contributed by atoms with Crippen LogP contribution in [0.1, 0.15) is 37.3 Å². The molecule has 146 valence electrons. The Balaban J connectivity index is 1.33. The number of benzene rings is 1. The molecule has 3 saturated heterocycles. The van der Waals surface area contributed by atoms with E-state index in [1.165, 1.54) is 6.07 Å². The van der Waals surface area contributed by atoms with Gasteiger partial charge in [-0.25, -0.2) is 9.37 Å². The monoisotopic (exact) mass is 383 g/mol. The SMILES string of the molecule is O=C1N2[C@@H](CC[C@H]2c2ccccc2)OC12CCN(c1cc(F)c(O)cn1)CC2. The van der Waals surface area contributed by atoms with Gasteiger partial charge in [0.05, 0.1) is 12.2 Å². The third-order valence-corrected chi connectivity index (χ3v) is 6.22. The van der Waals surface area contributed by atoms with E-state index in [0.717, 1.165) is 24.6 Å². The second-order valence-electron chi connectivity index (χ2n) is 7.76. The molecule has 7 heteroatoms. The van der Waals surface area contributed by atoms with Crippen molar-refractivity contribution in [3.8, 4) is 5.75 Å². The average Bonchev–Trinajstić information content (AvgIpc) is 3.24. The van der Waals surface area contributed by atoms with Crippen LogP contribution in [0.5, 0.6) is 5.75 Å². The van der Waals surface area contributed by atoms with Crippen molar-refractivity contribution in [2.24, 2.45) is 0 Å². The van der Waals surface area contributed by atoms with Gasteiger partial charge in [-0.05, 0) is 18.4 Å². The Morgan fingerprint density at radius 3 is 2.64 bits per heavy atom. The Bertz CT molecular complexity index is 899. The topological polar surface area (TPSA) is 65.9 Å². The molecule has 6 nitrogen and oxygen atoms in total. The predicted octanol–water partition coefficient (Wildman–Crippen LogP) is 2.99. The zero-order valence-corrected chi connectivity index (χ0v) is 15.4. The van der Waals surface area contributed by atoms with E-state index in [1.807, 2.05) is 28.0 Å². The number of anilines is 1. The smallest absolute Gasteiger partial charge is 0.257 e. The van der Waals surface area contributed by atoms with Gasteiger partial charge in [0.15, 0.2) is 17.2 Å². The number of amides is 1. The third-order valence-electron chi connectivity index (χ3n) is 6.22. The minimum absolute atomic E-state index is 0.0731. The van der Waals surface area contributed by atoms with Crippen molar-refractivity contribution in [1.29, 1.82) is 0 Å². The van der Waals surface area contributed by atoms with Gasteiger partial charge >= 0.3 is 0 Å². The number of fused-ring (bicyclic) bond motifs is 1. The minimum Gasteiger partial charge on any atom is -0.504 e. The molecular weight excluding hydrogens is 361 g/mol. The van der Waals surface area contributed by atoms with Crippen molar-refractivity contribution in [1.82, 2.24) is 9.88 Å². The second kappa shape index (κ2) is 6.44. The fourth-order valence-corrected chi connectivity index (χ4v) is 4.73. The molecular formula is C21H22FN3O3. The molecule has 1 aromatic carbocycles. The summed E-state index contributed by atoms with van der Waals surface area (Å²) in [7, 11) is 0. The van der Waals surface area contributed by atoms with Gasteiger partial charge in [0.1, 0.15) is 12.0 Å². The maximum Gasteiger partial charge on any atom is 0.257 e. The number of aromatic hydroxyl groups is 1. The highest BCUT2D eigenvalue weighted by Gasteiger charge is 2.57. The van der Waals surface area contributed by atoms with Gasteiger partial charge in [-0.2, -0.15) is 0 Å². The number of ether oxygens (including phenoxy) is 1. The van der Waals surface area contributed by atoms with Crippen molar-refractivity contribution >= 4 is 11.7 Å². The normalized spacial score (nSPS) is 26.1. The summed E-state index contributed by atoms with van der Waals surface area (Å²) in [6.07, 6.45) is 3.82. The summed E-state index contributed by atoms with van der Waals surface area (Å²) in [4.78, 5) is 21.3. The molecule has 2 atom stereocenters. The Morgan fingerprint density at radius 2 is 1.93 bits per heavy atom. The number of hydrogen-bond donors (Lipinski definition) is 1. The second-order valence-corrected chi connectivity index (χ2v) is 7.76. The van der Waals surface area contributed by atoms with E-state index in [0.29, 0.717) is 31.7 Å². The summed E-state index contributed by atoms with van der Waals surface area (Å²) in [5.74, 6) is -0.601. The van der Waals surface area contributed by atoms with Gasteiger partial charge < -0.3 is 19.6 Å². The number of pyridine rings is 1. The molecule has 0 radical (unpaired) electrons. The number of rotatable bonds is 2. The van der Waals surface area contributed by atoms with Crippen LogP contribution in [0, 0.1) is 5.82 Å². The molecule has 1 N–H and O–H groups in total. The highest BCUT2D eigenvalue weighted by atomic mass is 19.1. The Labute approximate surface area is 162 Å². The zero-order valence-electron chi connectivity index (χ0n) is 15.4. The summed E-state index contributed by atoms with van der Waals surface area (Å²) in [5, 5.41) is 9.33. The third kappa shape index (κ3) is 2.64. The van der Waals surface area contributed by atoms with Crippen LogP contribution in [0.2, 0.25) is 0 Å². The van der Waals surface area contributed by atoms with Crippen molar-refractivity contribution in [2.75, 3.05) is 18.0 Å². The number of carbonyl (C=O) groups is 1. The summed E-state index contributed by atoms with van der Waals surface area (Å²) in [6, 6.07) is 11.4. The first-order chi connectivity index (χ1) is 13.6. The summed E-state index contributed by atoms with van der Waals surface area (Å²) >= 11 is 0. The number of hydrogen-bond acceptors (Lipinski definition) is 5. The largest absolute Gasteiger partial charge is 0.504 e. The molecule has 0 saturated carbocycles. The van der Waals surface area contributed by atoms with Crippen LogP contribution in [-0.2, 0) is 9.53 Å². The van der Waals surface area contributed by atoms with Crippen molar-refractivity contribution in [3.63, 3.8) is 0 Å². The number of aromatic nitrogens is 1. The van der Waals surface area contributed by atoms with Crippen molar-refractivity contribution in [2.45, 2.75) is 43.6 Å². The quantitative estimate of drug-likeness (QED) is 0.864. The number of halogens is 1. The molecule has 1 aromatic heterocycles. The molecule has 5 rings (SSSR count). The molecule has 1 amide bonds. The standard InChI is InChI=1S/C21H22FN3O3/c22-15-12-18(23-13-17(15)26)24-10-8-21(9-11-24)20(27)25-16(6-7-19(25)28-21)14-4-2-1-3-5-14/h1-5,12-13,16,19,26H,6-11H2/t16-,19+/m0/s1. The lowest BCUT2D eigenvalue weighted by Crippen LogP contribution is -2.50. The molecule has 4 heterocycles. The number of carbonyl (C=O) groups excluding carboxylic acids is 1. The lowest BCUT2D eigenvalue weighted by molar-refractivity contribution is -0.140. The Morgan fingerprint density at radius 1 is 1.18 bits per heavy atom. The maximum atomic E-state index is 13.6. The van der Waals surface area contributed by atoms with Gasteiger partial charge in [0, 0.05) is 32.0 Å². The fraction of sp³-hybridized carbons (Fsp3) is 0.429. The van der Waals surface area contributed by atoms with Gasteiger partial charge in [-0.15, -0.1) is 0 Å². The Hall–Kier alpha value is -2.67. The van der Waals surface area contributed by atoms with Crippen LogP contribution in [0.4, 0.5) is 10.2 Å². The van der Waals surface area contributed by atoms with E-state index in [1.54, 1.807) is 0 Å². The molecule has 3 aliphatic rings. The van der Waals surface area contributed by atoms with Crippen LogP contribution in [0.3, 0.4) is 0 Å². The maximum absolute atomic E-state index is 13.6. The van der Waals surface area contributed by atoms with E-state index < -0.39 is 17.2 Å². The lowest BCUT2D eigenvalue weighted by Gasteiger charge is -2.38. The number of piperidine rings is 1. The lowest BCUT2D eigenvalue weighted by atomic mass is 9.89. The molecule has 0 aliphatic carbocycles. The van der Waals surface area contributed by atoms with E-state index in [2.05, 4.69) is 17.1 Å². The van der Waals surface area contributed by atoms with Crippen LogP contribution >= 0.6 is 0 Å². The van der Waals surface area contributed by atoms with Crippen LogP contribution < -0.4 is 4.90 Å². The van der Waals surface area contributed by atoms with Gasteiger partial charge in [0.25, 0.3) is 5.91 Å². The van der Waals surface area contributed by atoms with Crippen LogP contribution in [0.15, 0.2) is 42.6 Å². The molecule has 3 aliphatic heterocycles. The first-order valence-corrected chi connectivity index (χ1v) is 9.72. The van der Waals surface area contributed by atoms with Crippen molar-refractivity contribution < 1.29 is 19.0 Å². The van der Waals surface area contributed by atoms with E-state index in [-0.39, 0.29) is 18.2 Å². The average molecular weight is 383 g/mol. The summed E-state index contributed by atoms with van der Waals surface area (Å²) < 4.78 is 20.0. The molecule has 1 spiro atoms. The Kier molecular flexibility index (Phi) is 4.01. The van der Waals surface area contributed by atoms with Gasteiger partial charge in [-0.3, -0.25) is 4.79 Å². The first-order valence-electron chi connectivity index (χ1n) is 9.72. The molecule has 0 bridgehead atoms. The zero-order chi connectivity index (χ0) is 19.3. The van der Waals surface area contributed by atoms with Gasteiger partial charge in [0.2, 0.25) is 0 Å². The minimum atomic E-state index is -0.788.